The second-order valence-corrected chi connectivity index (χ2v) is 7.22. The number of hydroxylamine groups is 1. The Morgan fingerprint density at radius 1 is 0.912 bits per heavy atom. The van der Waals surface area contributed by atoms with Crippen molar-refractivity contribution in [2.75, 3.05) is 13.2 Å². The van der Waals surface area contributed by atoms with Crippen LogP contribution in [0.4, 0.5) is 4.39 Å². The molecule has 174 valence electrons. The minimum absolute atomic E-state index is 0.0213. The normalized spacial score (nSPS) is 10.6. The van der Waals surface area contributed by atoms with Crippen molar-refractivity contribution >= 4 is 22.8 Å². The summed E-state index contributed by atoms with van der Waals surface area (Å²) in [6.45, 7) is 0.388. The summed E-state index contributed by atoms with van der Waals surface area (Å²) in [6.07, 6.45) is 0. The zero-order valence-electron chi connectivity index (χ0n) is 17.9. The Hall–Kier alpha value is -4.37. The van der Waals surface area contributed by atoms with Gasteiger partial charge in [0.05, 0.1) is 6.54 Å². The van der Waals surface area contributed by atoms with Crippen molar-refractivity contribution in [3.8, 4) is 11.5 Å². The first kappa shape index (κ1) is 22.8. The van der Waals surface area contributed by atoms with Crippen LogP contribution in [0.25, 0.3) is 11.0 Å². The number of carbonyl (C=O) groups is 2. The number of fused-ring (bicyclic) bond motifs is 1. The number of halogens is 1. The highest BCUT2D eigenvalue weighted by Crippen LogP contribution is 2.27. The summed E-state index contributed by atoms with van der Waals surface area (Å²) in [7, 11) is 0. The average Bonchev–Trinajstić information content (AvgIpc) is 3.24. The molecule has 0 aliphatic heterocycles. The van der Waals surface area contributed by atoms with Gasteiger partial charge in [0.25, 0.3) is 11.8 Å². The number of furan rings is 1. The molecule has 0 fully saturated rings. The van der Waals surface area contributed by atoms with E-state index in [1.165, 1.54) is 24.3 Å². The molecule has 0 atom stereocenters. The van der Waals surface area contributed by atoms with Crippen LogP contribution in [0.1, 0.15) is 26.5 Å². The third-order valence-electron chi connectivity index (χ3n) is 4.96. The second kappa shape index (κ2) is 10.5. The molecular weight excluding hydrogens is 443 g/mol. The van der Waals surface area contributed by atoms with E-state index in [2.05, 4.69) is 5.32 Å². The van der Waals surface area contributed by atoms with Gasteiger partial charge < -0.3 is 19.2 Å². The van der Waals surface area contributed by atoms with E-state index in [1.807, 2.05) is 12.1 Å². The largest absolute Gasteiger partial charge is 0.492 e. The zero-order valence-corrected chi connectivity index (χ0v) is 17.9. The Bertz CT molecular complexity index is 1300. The number of amides is 2. The number of ether oxygens (including phenoxy) is 2. The van der Waals surface area contributed by atoms with Gasteiger partial charge in [-0.2, -0.15) is 0 Å². The quantitative estimate of drug-likeness (QED) is 0.196. The lowest BCUT2D eigenvalue weighted by molar-refractivity contribution is 0.0706. The number of para-hydroxylation sites is 1. The maximum absolute atomic E-state index is 13.5. The monoisotopic (exact) mass is 464 g/mol. The smallest absolute Gasteiger partial charge is 0.287 e. The molecule has 0 bridgehead atoms. The fourth-order valence-electron chi connectivity index (χ4n) is 3.32. The third kappa shape index (κ3) is 5.33. The van der Waals surface area contributed by atoms with Crippen LogP contribution in [0, 0.1) is 5.82 Å². The maximum Gasteiger partial charge on any atom is 0.287 e. The molecule has 0 aliphatic rings. The van der Waals surface area contributed by atoms with Gasteiger partial charge in [-0.25, -0.2) is 9.87 Å². The molecule has 1 aromatic heterocycles. The molecule has 4 rings (SSSR count). The molecule has 1 heterocycles. The Balaban J connectivity index is 1.39. The van der Waals surface area contributed by atoms with Crippen LogP contribution in [-0.2, 0) is 6.61 Å². The van der Waals surface area contributed by atoms with Gasteiger partial charge in [0, 0.05) is 22.6 Å². The average molecular weight is 464 g/mol. The van der Waals surface area contributed by atoms with E-state index in [-0.39, 0.29) is 31.1 Å². The van der Waals surface area contributed by atoms with Crippen molar-refractivity contribution in [1.82, 2.24) is 10.8 Å². The van der Waals surface area contributed by atoms with Gasteiger partial charge in [-0.15, -0.1) is 0 Å². The SMILES string of the molecule is O=C(NO)c1ccc(OCCNC(=O)c2oc3ccccc3c2COc2cccc(F)c2)cc1. The minimum Gasteiger partial charge on any atom is -0.492 e. The van der Waals surface area contributed by atoms with Crippen LogP contribution in [0.5, 0.6) is 11.5 Å². The summed E-state index contributed by atoms with van der Waals surface area (Å²) in [4.78, 5) is 24.2. The first-order valence-corrected chi connectivity index (χ1v) is 10.4. The van der Waals surface area contributed by atoms with Crippen molar-refractivity contribution in [2.24, 2.45) is 0 Å². The molecule has 4 aromatic rings. The number of benzene rings is 3. The molecular formula is C25H21FN2O6. The van der Waals surface area contributed by atoms with Gasteiger partial charge in [-0.05, 0) is 42.5 Å². The number of hydrogen-bond acceptors (Lipinski definition) is 6. The van der Waals surface area contributed by atoms with Crippen LogP contribution < -0.4 is 20.3 Å². The van der Waals surface area contributed by atoms with Crippen LogP contribution >= 0.6 is 0 Å². The Morgan fingerprint density at radius 3 is 2.47 bits per heavy atom. The predicted molar refractivity (Wildman–Crippen MR) is 120 cm³/mol. The second-order valence-electron chi connectivity index (χ2n) is 7.22. The van der Waals surface area contributed by atoms with Crippen molar-refractivity contribution in [1.29, 1.82) is 0 Å². The molecule has 0 spiro atoms. The van der Waals surface area contributed by atoms with Crippen LogP contribution in [0.15, 0.2) is 77.2 Å². The van der Waals surface area contributed by atoms with Gasteiger partial charge in [-0.1, -0.05) is 24.3 Å². The summed E-state index contributed by atoms with van der Waals surface area (Å²) in [5, 5.41) is 12.1. The molecule has 0 unspecified atom stereocenters. The number of rotatable bonds is 9. The lowest BCUT2D eigenvalue weighted by Gasteiger charge is -2.09. The third-order valence-corrected chi connectivity index (χ3v) is 4.96. The summed E-state index contributed by atoms with van der Waals surface area (Å²) in [5.41, 5.74) is 2.92. The molecule has 34 heavy (non-hydrogen) atoms. The fourth-order valence-corrected chi connectivity index (χ4v) is 3.32. The Kier molecular flexibility index (Phi) is 7.04. The van der Waals surface area contributed by atoms with Crippen LogP contribution in [-0.4, -0.2) is 30.2 Å². The molecule has 9 heteroatoms. The van der Waals surface area contributed by atoms with Crippen molar-refractivity contribution < 1.29 is 33.1 Å². The van der Waals surface area contributed by atoms with Crippen molar-refractivity contribution in [3.05, 3.63) is 95.5 Å². The molecule has 3 aromatic carbocycles. The van der Waals surface area contributed by atoms with Gasteiger partial charge in [-0.3, -0.25) is 14.8 Å². The number of hydrogen-bond donors (Lipinski definition) is 3. The molecule has 0 saturated heterocycles. The van der Waals surface area contributed by atoms with Gasteiger partial charge >= 0.3 is 0 Å². The highest BCUT2D eigenvalue weighted by Gasteiger charge is 2.21. The summed E-state index contributed by atoms with van der Waals surface area (Å²) in [6, 6.07) is 19.1. The highest BCUT2D eigenvalue weighted by atomic mass is 19.1. The Morgan fingerprint density at radius 2 is 1.71 bits per heavy atom. The molecule has 0 radical (unpaired) electrons. The summed E-state index contributed by atoms with van der Waals surface area (Å²) in [5.74, 6) is -0.533. The number of carbonyl (C=O) groups excluding carboxylic acids is 2. The van der Waals surface area contributed by atoms with E-state index in [1.54, 1.807) is 41.9 Å². The van der Waals surface area contributed by atoms with E-state index in [0.29, 0.717) is 22.6 Å². The topological polar surface area (TPSA) is 110 Å². The van der Waals surface area contributed by atoms with E-state index < -0.39 is 17.6 Å². The predicted octanol–water partition coefficient (Wildman–Crippen LogP) is 4.08. The fraction of sp³-hybridized carbons (Fsp3) is 0.120. The molecule has 0 saturated carbocycles. The van der Waals surface area contributed by atoms with Gasteiger partial charge in [0.1, 0.15) is 36.1 Å². The van der Waals surface area contributed by atoms with E-state index in [4.69, 9.17) is 19.1 Å². The van der Waals surface area contributed by atoms with Crippen LogP contribution in [0.3, 0.4) is 0 Å². The first-order chi connectivity index (χ1) is 16.5. The standard InChI is InChI=1S/C25H21FN2O6/c26-17-4-3-5-19(14-17)33-15-21-20-6-1-2-7-22(20)34-23(21)25(30)27-12-13-32-18-10-8-16(9-11-18)24(29)28-31/h1-11,14,31H,12-13,15H2,(H,27,30)(H,28,29). The van der Waals surface area contributed by atoms with Gasteiger partial charge in [0.2, 0.25) is 0 Å². The van der Waals surface area contributed by atoms with E-state index >= 15 is 0 Å². The summed E-state index contributed by atoms with van der Waals surface area (Å²) >= 11 is 0. The number of nitrogens with one attached hydrogen (secondary N) is 2. The minimum atomic E-state index is -0.623. The lowest BCUT2D eigenvalue weighted by Crippen LogP contribution is -2.28. The van der Waals surface area contributed by atoms with Crippen LogP contribution in [0.2, 0.25) is 0 Å². The lowest BCUT2D eigenvalue weighted by atomic mass is 10.1. The first-order valence-electron chi connectivity index (χ1n) is 10.4. The van der Waals surface area contributed by atoms with E-state index in [0.717, 1.165) is 5.39 Å². The molecule has 3 N–H and O–H groups in total. The summed E-state index contributed by atoms with van der Waals surface area (Å²) < 4.78 is 30.5. The van der Waals surface area contributed by atoms with E-state index in [9.17, 15) is 14.0 Å². The molecule has 8 nitrogen and oxygen atoms in total. The highest BCUT2D eigenvalue weighted by molar-refractivity contribution is 5.99. The maximum atomic E-state index is 13.5. The molecule has 2 amide bonds. The van der Waals surface area contributed by atoms with Crippen molar-refractivity contribution in [2.45, 2.75) is 6.61 Å². The molecule has 0 aliphatic carbocycles. The van der Waals surface area contributed by atoms with Gasteiger partial charge in [0.15, 0.2) is 5.76 Å². The zero-order chi connectivity index (χ0) is 23.9. The Labute approximate surface area is 193 Å². The van der Waals surface area contributed by atoms with Crippen molar-refractivity contribution in [3.63, 3.8) is 0 Å².